The Bertz CT molecular complexity index is 561. The molecule has 0 saturated carbocycles. The number of nitrogens with zero attached hydrogens (tertiary/aromatic N) is 3. The number of hydrazone groups is 1. The summed E-state index contributed by atoms with van der Waals surface area (Å²) in [5.41, 5.74) is 4.85. The van der Waals surface area contributed by atoms with Crippen LogP contribution in [0.25, 0.3) is 0 Å². The van der Waals surface area contributed by atoms with Crippen molar-refractivity contribution in [1.29, 1.82) is 0 Å². The molecule has 98 valence electrons. The third-order valence-electron chi connectivity index (χ3n) is 2.40. The quantitative estimate of drug-likeness (QED) is 0.502. The first-order valence-electron chi connectivity index (χ1n) is 5.83. The van der Waals surface area contributed by atoms with Crippen molar-refractivity contribution in [2.24, 2.45) is 12.1 Å². The second-order valence-electron chi connectivity index (χ2n) is 3.99. The molecule has 0 fully saturated rings. The number of aryl methyl sites for hydroxylation is 1. The van der Waals surface area contributed by atoms with Gasteiger partial charge < -0.3 is 5.32 Å². The number of aromatic nitrogens is 2. The first-order chi connectivity index (χ1) is 9.24. The first-order valence-corrected chi connectivity index (χ1v) is 6.24. The Balaban J connectivity index is 1.74. The van der Waals surface area contributed by atoms with Crippen LogP contribution in [0.2, 0.25) is 0 Å². The Hall–Kier alpha value is -2.21. The topological polar surface area (TPSA) is 54.2 Å². The summed E-state index contributed by atoms with van der Waals surface area (Å²) in [5, 5.41) is 11.6. The van der Waals surface area contributed by atoms with Crippen LogP contribution in [0.4, 0.5) is 0 Å². The van der Waals surface area contributed by atoms with Crippen molar-refractivity contribution in [1.82, 2.24) is 20.5 Å². The van der Waals surface area contributed by atoms with Crippen LogP contribution in [-0.4, -0.2) is 21.1 Å². The van der Waals surface area contributed by atoms with E-state index in [1.54, 1.807) is 17.1 Å². The van der Waals surface area contributed by atoms with Gasteiger partial charge in [-0.3, -0.25) is 10.1 Å². The summed E-state index contributed by atoms with van der Waals surface area (Å²) in [7, 11) is 1.86. The molecule has 2 N–H and O–H groups in total. The molecule has 0 saturated heterocycles. The van der Waals surface area contributed by atoms with Crippen molar-refractivity contribution in [3.05, 3.63) is 53.9 Å². The standard InChI is InChI=1S/C13H15N5S/c1-18-10-12(9-16-18)8-15-17-13(19)14-7-11-5-3-2-4-6-11/h2-6,8-10H,7H2,1H3,(H2,14,17,19)/b15-8+. The molecule has 0 bridgehead atoms. The molecule has 0 spiro atoms. The fourth-order valence-corrected chi connectivity index (χ4v) is 1.61. The molecular weight excluding hydrogens is 258 g/mol. The van der Waals surface area contributed by atoms with Crippen LogP contribution in [0.5, 0.6) is 0 Å². The van der Waals surface area contributed by atoms with E-state index in [1.807, 2.05) is 43.6 Å². The van der Waals surface area contributed by atoms with Gasteiger partial charge in [0, 0.05) is 25.4 Å². The van der Waals surface area contributed by atoms with Crippen molar-refractivity contribution in [3.8, 4) is 0 Å². The van der Waals surface area contributed by atoms with Crippen LogP contribution < -0.4 is 10.7 Å². The third-order valence-corrected chi connectivity index (χ3v) is 2.64. The fourth-order valence-electron chi connectivity index (χ4n) is 1.49. The lowest BCUT2D eigenvalue weighted by molar-refractivity contribution is 0.767. The molecule has 0 aliphatic heterocycles. The van der Waals surface area contributed by atoms with E-state index in [9.17, 15) is 0 Å². The zero-order valence-corrected chi connectivity index (χ0v) is 11.4. The Morgan fingerprint density at radius 1 is 1.42 bits per heavy atom. The highest BCUT2D eigenvalue weighted by Crippen LogP contribution is 1.96. The van der Waals surface area contributed by atoms with Gasteiger partial charge in [-0.25, -0.2) is 0 Å². The maximum atomic E-state index is 5.12. The highest BCUT2D eigenvalue weighted by molar-refractivity contribution is 7.80. The average molecular weight is 273 g/mol. The molecule has 1 heterocycles. The minimum Gasteiger partial charge on any atom is -0.357 e. The van der Waals surface area contributed by atoms with Crippen LogP contribution >= 0.6 is 12.2 Å². The normalized spacial score (nSPS) is 10.6. The Morgan fingerprint density at radius 3 is 2.89 bits per heavy atom. The number of rotatable bonds is 4. The number of nitrogens with one attached hydrogen (secondary N) is 2. The Morgan fingerprint density at radius 2 is 2.21 bits per heavy atom. The second-order valence-corrected chi connectivity index (χ2v) is 4.39. The van der Waals surface area contributed by atoms with E-state index in [1.165, 1.54) is 5.56 Å². The van der Waals surface area contributed by atoms with E-state index in [0.29, 0.717) is 11.7 Å². The van der Waals surface area contributed by atoms with Gasteiger partial charge in [0.25, 0.3) is 0 Å². The summed E-state index contributed by atoms with van der Waals surface area (Å²) in [6.07, 6.45) is 5.26. The summed E-state index contributed by atoms with van der Waals surface area (Å²) in [6, 6.07) is 10.0. The van der Waals surface area contributed by atoms with Gasteiger partial charge in [-0.1, -0.05) is 30.3 Å². The highest BCUT2D eigenvalue weighted by atomic mass is 32.1. The molecule has 2 rings (SSSR count). The van der Waals surface area contributed by atoms with Gasteiger partial charge in [-0.15, -0.1) is 0 Å². The largest absolute Gasteiger partial charge is 0.357 e. The molecule has 5 nitrogen and oxygen atoms in total. The summed E-state index contributed by atoms with van der Waals surface area (Å²) >= 11 is 5.12. The lowest BCUT2D eigenvalue weighted by Gasteiger charge is -2.06. The number of benzene rings is 1. The summed E-state index contributed by atoms with van der Waals surface area (Å²) in [6.45, 7) is 0.676. The van der Waals surface area contributed by atoms with Gasteiger partial charge in [0.1, 0.15) is 0 Å². The van der Waals surface area contributed by atoms with Gasteiger partial charge in [-0.2, -0.15) is 10.2 Å². The third kappa shape index (κ3) is 4.51. The van der Waals surface area contributed by atoms with Crippen LogP contribution in [0, 0.1) is 0 Å². The number of hydrogen-bond donors (Lipinski definition) is 2. The van der Waals surface area contributed by atoms with Gasteiger partial charge in [0.2, 0.25) is 0 Å². The van der Waals surface area contributed by atoms with E-state index < -0.39 is 0 Å². The second kappa shape index (κ2) is 6.65. The van der Waals surface area contributed by atoms with E-state index in [2.05, 4.69) is 20.9 Å². The zero-order chi connectivity index (χ0) is 13.5. The van der Waals surface area contributed by atoms with Gasteiger partial charge in [-0.05, 0) is 17.8 Å². The van der Waals surface area contributed by atoms with Crippen LogP contribution in [0.15, 0.2) is 47.8 Å². The fraction of sp³-hybridized carbons (Fsp3) is 0.154. The van der Waals surface area contributed by atoms with Crippen molar-refractivity contribution in [2.75, 3.05) is 0 Å². The number of hydrogen-bond acceptors (Lipinski definition) is 3. The average Bonchev–Trinajstić information content (AvgIpc) is 2.83. The van der Waals surface area contributed by atoms with Crippen molar-refractivity contribution >= 4 is 23.5 Å². The highest BCUT2D eigenvalue weighted by Gasteiger charge is 1.94. The molecule has 19 heavy (non-hydrogen) atoms. The van der Waals surface area contributed by atoms with Crippen LogP contribution in [-0.2, 0) is 13.6 Å². The molecule has 0 amide bonds. The molecule has 6 heteroatoms. The smallest absolute Gasteiger partial charge is 0.187 e. The minimum absolute atomic E-state index is 0.490. The SMILES string of the molecule is Cn1cc(/C=N/NC(=S)NCc2ccccc2)cn1. The molecule has 1 aromatic heterocycles. The summed E-state index contributed by atoms with van der Waals surface area (Å²) in [5.74, 6) is 0. The van der Waals surface area contributed by atoms with Gasteiger partial charge in [0.15, 0.2) is 5.11 Å². The van der Waals surface area contributed by atoms with E-state index in [0.717, 1.165) is 5.56 Å². The molecule has 0 aliphatic rings. The van der Waals surface area contributed by atoms with Crippen molar-refractivity contribution in [2.45, 2.75) is 6.54 Å². The molecular formula is C13H15N5S. The lowest BCUT2D eigenvalue weighted by Crippen LogP contribution is -2.31. The monoisotopic (exact) mass is 273 g/mol. The molecule has 2 aromatic rings. The molecule has 0 aliphatic carbocycles. The zero-order valence-electron chi connectivity index (χ0n) is 10.6. The van der Waals surface area contributed by atoms with E-state index >= 15 is 0 Å². The summed E-state index contributed by atoms with van der Waals surface area (Å²) in [4.78, 5) is 0. The summed E-state index contributed by atoms with van der Waals surface area (Å²) < 4.78 is 1.72. The predicted octanol–water partition coefficient (Wildman–Crippen LogP) is 1.42. The maximum absolute atomic E-state index is 5.12. The maximum Gasteiger partial charge on any atom is 0.187 e. The van der Waals surface area contributed by atoms with Crippen molar-refractivity contribution in [3.63, 3.8) is 0 Å². The minimum atomic E-state index is 0.490. The lowest BCUT2D eigenvalue weighted by atomic mass is 10.2. The molecule has 0 atom stereocenters. The van der Waals surface area contributed by atoms with Crippen LogP contribution in [0.3, 0.4) is 0 Å². The molecule has 0 unspecified atom stereocenters. The first kappa shape index (κ1) is 13.2. The van der Waals surface area contributed by atoms with Gasteiger partial charge in [0.05, 0.1) is 12.4 Å². The Kier molecular flexibility index (Phi) is 4.63. The Labute approximate surface area is 117 Å². The van der Waals surface area contributed by atoms with Gasteiger partial charge >= 0.3 is 0 Å². The number of thiocarbonyl (C=S) groups is 1. The van der Waals surface area contributed by atoms with Crippen LogP contribution in [0.1, 0.15) is 11.1 Å². The van der Waals surface area contributed by atoms with Crippen molar-refractivity contribution < 1.29 is 0 Å². The predicted molar refractivity (Wildman–Crippen MR) is 79.8 cm³/mol. The van der Waals surface area contributed by atoms with E-state index in [4.69, 9.17) is 12.2 Å². The molecule has 0 radical (unpaired) electrons. The van der Waals surface area contributed by atoms with E-state index in [-0.39, 0.29) is 0 Å². The molecule has 1 aromatic carbocycles.